The number of nitrogens with zero attached hydrogens (tertiary/aromatic N) is 1. The number of carbonyl (C=O) groups excluding carboxylic acids is 3. The normalized spacial score (nSPS) is 14.0. The van der Waals surface area contributed by atoms with Gasteiger partial charge in [0.2, 0.25) is 5.91 Å². The first-order valence-corrected chi connectivity index (χ1v) is 8.74. The maximum absolute atomic E-state index is 11.6. The Bertz CT molecular complexity index is 593. The van der Waals surface area contributed by atoms with Gasteiger partial charge in [0.25, 0.3) is 5.24 Å². The number of para-hydroxylation sites is 1. The molecule has 1 saturated heterocycles. The van der Waals surface area contributed by atoms with Crippen LogP contribution >= 0.6 is 11.8 Å². The maximum atomic E-state index is 11.6. The van der Waals surface area contributed by atoms with Gasteiger partial charge in [-0.05, 0) is 25.0 Å². The molecule has 2 N–H and O–H groups in total. The Balaban J connectivity index is 1.53. The molecule has 4 amide bonds. The van der Waals surface area contributed by atoms with Crippen LogP contribution in [0, 0.1) is 6.92 Å². The van der Waals surface area contributed by atoms with Crippen LogP contribution in [0.4, 0.5) is 9.59 Å². The van der Waals surface area contributed by atoms with E-state index in [0.717, 1.165) is 28.0 Å². The predicted molar refractivity (Wildman–Crippen MR) is 92.3 cm³/mol. The van der Waals surface area contributed by atoms with Crippen LogP contribution in [0.5, 0.6) is 5.75 Å². The van der Waals surface area contributed by atoms with Crippen LogP contribution in [-0.4, -0.2) is 54.1 Å². The first-order chi connectivity index (χ1) is 11.6. The van der Waals surface area contributed by atoms with Gasteiger partial charge in [0.15, 0.2) is 0 Å². The van der Waals surface area contributed by atoms with Crippen molar-refractivity contribution in [3.05, 3.63) is 29.8 Å². The number of ether oxygens (including phenoxy) is 1. The van der Waals surface area contributed by atoms with E-state index < -0.39 is 0 Å². The van der Waals surface area contributed by atoms with E-state index in [1.54, 1.807) is 0 Å². The van der Waals surface area contributed by atoms with E-state index in [4.69, 9.17) is 4.74 Å². The first kappa shape index (κ1) is 18.1. The molecule has 0 saturated carbocycles. The van der Waals surface area contributed by atoms with E-state index in [2.05, 4.69) is 10.6 Å². The Kier molecular flexibility index (Phi) is 6.92. The number of carbonyl (C=O) groups is 3. The third kappa shape index (κ3) is 5.45. The van der Waals surface area contributed by atoms with Crippen molar-refractivity contribution in [1.29, 1.82) is 0 Å². The van der Waals surface area contributed by atoms with Gasteiger partial charge in [-0.2, -0.15) is 0 Å². The summed E-state index contributed by atoms with van der Waals surface area (Å²) in [7, 11) is 0. The van der Waals surface area contributed by atoms with Crippen molar-refractivity contribution in [3.8, 4) is 5.75 Å². The fourth-order valence-corrected chi connectivity index (χ4v) is 2.87. The van der Waals surface area contributed by atoms with Crippen LogP contribution in [0.15, 0.2) is 24.3 Å². The molecule has 0 atom stereocenters. The molecule has 1 aromatic rings. The predicted octanol–water partition coefficient (Wildman–Crippen LogP) is 1.76. The summed E-state index contributed by atoms with van der Waals surface area (Å²) in [4.78, 5) is 35.5. The third-order valence-corrected chi connectivity index (χ3v) is 4.28. The summed E-state index contributed by atoms with van der Waals surface area (Å²) in [5.74, 6) is 0.826. The Morgan fingerprint density at radius 2 is 2.00 bits per heavy atom. The molecular formula is C16H21N3O4S. The third-order valence-electron chi connectivity index (χ3n) is 3.42. The van der Waals surface area contributed by atoms with Gasteiger partial charge >= 0.3 is 6.03 Å². The molecule has 8 heteroatoms. The summed E-state index contributed by atoms with van der Waals surface area (Å²) in [6, 6.07) is 7.44. The highest BCUT2D eigenvalue weighted by Crippen LogP contribution is 2.17. The van der Waals surface area contributed by atoms with Crippen LogP contribution < -0.4 is 15.4 Å². The van der Waals surface area contributed by atoms with Gasteiger partial charge in [-0.3, -0.25) is 14.5 Å². The molecule has 0 bridgehead atoms. The largest absolute Gasteiger partial charge is 0.493 e. The number of benzene rings is 1. The number of rotatable bonds is 8. The molecule has 0 radical (unpaired) electrons. The lowest BCUT2D eigenvalue weighted by atomic mass is 10.2. The second-order valence-corrected chi connectivity index (χ2v) is 6.18. The number of thioether (sulfide) groups is 1. The molecule has 0 aromatic heterocycles. The Morgan fingerprint density at radius 3 is 2.71 bits per heavy atom. The topological polar surface area (TPSA) is 87.7 Å². The van der Waals surface area contributed by atoms with Crippen molar-refractivity contribution in [2.24, 2.45) is 0 Å². The molecule has 1 heterocycles. The zero-order valence-electron chi connectivity index (χ0n) is 13.5. The number of aryl methyl sites for hydroxylation is 1. The average molecular weight is 351 g/mol. The quantitative estimate of drug-likeness (QED) is 0.697. The minimum Gasteiger partial charge on any atom is -0.493 e. The highest BCUT2D eigenvalue weighted by atomic mass is 32.2. The van der Waals surface area contributed by atoms with Crippen molar-refractivity contribution in [2.45, 2.75) is 13.3 Å². The number of imide groups is 1. The number of nitrogens with one attached hydrogen (secondary N) is 2. The summed E-state index contributed by atoms with van der Waals surface area (Å²) < 4.78 is 5.64. The monoisotopic (exact) mass is 351 g/mol. The molecule has 7 nitrogen and oxygen atoms in total. The SMILES string of the molecule is Cc1ccccc1OCCCNC(=O)NCCN1C(=O)CSC1=O. The van der Waals surface area contributed by atoms with Gasteiger partial charge in [-0.1, -0.05) is 30.0 Å². The summed E-state index contributed by atoms with van der Waals surface area (Å²) >= 11 is 0.986. The van der Waals surface area contributed by atoms with E-state index >= 15 is 0 Å². The minimum atomic E-state index is -0.322. The Hall–Kier alpha value is -2.22. The number of urea groups is 1. The van der Waals surface area contributed by atoms with Crippen molar-refractivity contribution in [3.63, 3.8) is 0 Å². The molecule has 1 fully saturated rings. The molecule has 1 aliphatic heterocycles. The maximum Gasteiger partial charge on any atom is 0.314 e. The van der Waals surface area contributed by atoms with Gasteiger partial charge in [-0.25, -0.2) is 4.79 Å². The van der Waals surface area contributed by atoms with E-state index in [1.807, 2.05) is 31.2 Å². The van der Waals surface area contributed by atoms with E-state index in [0.29, 0.717) is 19.6 Å². The Morgan fingerprint density at radius 1 is 1.25 bits per heavy atom. The second kappa shape index (κ2) is 9.17. The van der Waals surface area contributed by atoms with E-state index in [9.17, 15) is 14.4 Å². The highest BCUT2D eigenvalue weighted by Gasteiger charge is 2.29. The minimum absolute atomic E-state index is 0.186. The average Bonchev–Trinajstić information content (AvgIpc) is 2.88. The van der Waals surface area contributed by atoms with Gasteiger partial charge in [-0.15, -0.1) is 0 Å². The van der Waals surface area contributed by atoms with Crippen LogP contribution in [0.1, 0.15) is 12.0 Å². The summed E-state index contributed by atoms with van der Waals surface area (Å²) in [5, 5.41) is 5.08. The lowest BCUT2D eigenvalue weighted by Crippen LogP contribution is -2.42. The molecule has 0 aliphatic carbocycles. The lowest BCUT2D eigenvalue weighted by Gasteiger charge is -2.13. The van der Waals surface area contributed by atoms with E-state index in [-0.39, 0.29) is 36.0 Å². The Labute approximate surface area is 145 Å². The molecule has 24 heavy (non-hydrogen) atoms. The number of amides is 4. The zero-order chi connectivity index (χ0) is 17.4. The fraction of sp³-hybridized carbons (Fsp3) is 0.438. The van der Waals surface area contributed by atoms with Crippen LogP contribution in [0.2, 0.25) is 0 Å². The van der Waals surface area contributed by atoms with Gasteiger partial charge in [0, 0.05) is 19.6 Å². The van der Waals surface area contributed by atoms with Crippen molar-refractivity contribution in [2.75, 3.05) is 32.0 Å². The molecule has 1 aliphatic rings. The van der Waals surface area contributed by atoms with Gasteiger partial charge in [0.1, 0.15) is 5.75 Å². The smallest absolute Gasteiger partial charge is 0.314 e. The zero-order valence-corrected chi connectivity index (χ0v) is 14.4. The summed E-state index contributed by atoms with van der Waals surface area (Å²) in [5.41, 5.74) is 1.08. The van der Waals surface area contributed by atoms with E-state index in [1.165, 1.54) is 0 Å². The summed E-state index contributed by atoms with van der Waals surface area (Å²) in [6.45, 7) is 3.42. The number of hydrogen-bond acceptors (Lipinski definition) is 5. The molecule has 0 unspecified atom stereocenters. The van der Waals surface area contributed by atoms with Crippen molar-refractivity contribution < 1.29 is 19.1 Å². The fourth-order valence-electron chi connectivity index (χ4n) is 2.12. The highest BCUT2D eigenvalue weighted by molar-refractivity contribution is 8.14. The van der Waals surface area contributed by atoms with Crippen molar-refractivity contribution in [1.82, 2.24) is 15.5 Å². The lowest BCUT2D eigenvalue weighted by molar-refractivity contribution is -0.124. The number of hydrogen-bond donors (Lipinski definition) is 2. The molecule has 130 valence electrons. The molecular weight excluding hydrogens is 330 g/mol. The standard InChI is InChI=1S/C16H21N3O4S/c1-12-5-2-3-6-13(12)23-10-4-7-17-15(21)18-8-9-19-14(20)11-24-16(19)22/h2-3,5-6H,4,7-11H2,1H3,(H2,17,18,21). The van der Waals surface area contributed by atoms with Crippen LogP contribution in [0.3, 0.4) is 0 Å². The first-order valence-electron chi connectivity index (χ1n) is 7.75. The van der Waals surface area contributed by atoms with Crippen LogP contribution in [0.25, 0.3) is 0 Å². The molecule has 2 rings (SSSR count). The molecule has 0 spiro atoms. The summed E-state index contributed by atoms with van der Waals surface area (Å²) in [6.07, 6.45) is 0.682. The van der Waals surface area contributed by atoms with Crippen molar-refractivity contribution >= 4 is 28.9 Å². The molecule has 1 aromatic carbocycles. The van der Waals surface area contributed by atoms with Gasteiger partial charge in [0.05, 0.1) is 12.4 Å². The van der Waals surface area contributed by atoms with Gasteiger partial charge < -0.3 is 15.4 Å². The second-order valence-electron chi connectivity index (χ2n) is 5.25. The van der Waals surface area contributed by atoms with Crippen LogP contribution in [-0.2, 0) is 4.79 Å².